The highest BCUT2D eigenvalue weighted by molar-refractivity contribution is 5.21. The minimum absolute atomic E-state index is 0.649. The summed E-state index contributed by atoms with van der Waals surface area (Å²) in [6, 6.07) is 3.66. The first-order chi connectivity index (χ1) is 10.2. The van der Waals surface area contributed by atoms with Crippen LogP contribution in [0.5, 0.6) is 0 Å². The third-order valence-electron chi connectivity index (χ3n) is 4.86. The van der Waals surface area contributed by atoms with Crippen LogP contribution in [0, 0.1) is 6.92 Å². The van der Waals surface area contributed by atoms with Gasteiger partial charge < -0.3 is 9.73 Å². The van der Waals surface area contributed by atoms with Crippen molar-refractivity contribution in [3.05, 3.63) is 23.2 Å². The zero-order chi connectivity index (χ0) is 14.8. The van der Waals surface area contributed by atoms with E-state index in [1.165, 1.54) is 24.9 Å². The Labute approximate surface area is 128 Å². The van der Waals surface area contributed by atoms with Crippen molar-refractivity contribution < 1.29 is 4.42 Å². The summed E-state index contributed by atoms with van der Waals surface area (Å²) < 4.78 is 5.96. The van der Waals surface area contributed by atoms with Gasteiger partial charge in [0.2, 0.25) is 0 Å². The van der Waals surface area contributed by atoms with E-state index >= 15 is 0 Å². The second-order valence-electron chi connectivity index (χ2n) is 6.66. The quantitative estimate of drug-likeness (QED) is 0.872. The molecule has 21 heavy (non-hydrogen) atoms. The van der Waals surface area contributed by atoms with Crippen LogP contribution in [-0.4, -0.2) is 48.1 Å². The molecular weight excluding hydrogens is 262 g/mol. The van der Waals surface area contributed by atoms with Gasteiger partial charge in [-0.15, -0.1) is 0 Å². The first-order valence-electron chi connectivity index (χ1n) is 8.43. The molecule has 1 aromatic heterocycles. The fourth-order valence-corrected chi connectivity index (χ4v) is 3.29. The monoisotopic (exact) mass is 291 g/mol. The van der Waals surface area contributed by atoms with E-state index in [4.69, 9.17) is 4.42 Å². The van der Waals surface area contributed by atoms with Gasteiger partial charge in [-0.25, -0.2) is 0 Å². The highest BCUT2D eigenvalue weighted by atomic mass is 16.3. The van der Waals surface area contributed by atoms with Crippen LogP contribution >= 0.6 is 0 Å². The van der Waals surface area contributed by atoms with E-state index in [2.05, 4.69) is 42.0 Å². The Bertz CT molecular complexity index is 467. The van der Waals surface area contributed by atoms with Crippen LogP contribution in [0.4, 0.5) is 0 Å². The summed E-state index contributed by atoms with van der Waals surface area (Å²) in [7, 11) is 0. The lowest BCUT2D eigenvalue weighted by Crippen LogP contribution is -2.51. The second kappa shape index (κ2) is 6.51. The summed E-state index contributed by atoms with van der Waals surface area (Å²) in [5.74, 6) is 2.20. The fourth-order valence-electron chi connectivity index (χ4n) is 3.29. The van der Waals surface area contributed by atoms with E-state index in [-0.39, 0.29) is 0 Å². The van der Waals surface area contributed by atoms with Gasteiger partial charge in [-0.05, 0) is 39.3 Å². The number of rotatable bonds is 6. The van der Waals surface area contributed by atoms with E-state index < -0.39 is 0 Å². The van der Waals surface area contributed by atoms with Gasteiger partial charge in [0, 0.05) is 43.8 Å². The Morgan fingerprint density at radius 1 is 1.33 bits per heavy atom. The van der Waals surface area contributed by atoms with Crippen LogP contribution in [0.2, 0.25) is 0 Å². The summed E-state index contributed by atoms with van der Waals surface area (Å²) in [5.41, 5.74) is 1.33. The molecular formula is C17H29N3O. The number of piperazine rings is 1. The topological polar surface area (TPSA) is 31.6 Å². The number of nitrogens with one attached hydrogen (secondary N) is 1. The van der Waals surface area contributed by atoms with Crippen LogP contribution in [-0.2, 0) is 13.1 Å². The molecule has 2 heterocycles. The van der Waals surface area contributed by atoms with Crippen LogP contribution in [0.1, 0.15) is 43.8 Å². The van der Waals surface area contributed by atoms with Gasteiger partial charge in [0.05, 0.1) is 6.54 Å². The average molecular weight is 291 g/mol. The molecule has 1 aromatic rings. The molecule has 4 nitrogen and oxygen atoms in total. The number of hydrogen-bond acceptors (Lipinski definition) is 4. The summed E-state index contributed by atoms with van der Waals surface area (Å²) in [4.78, 5) is 5.07. The maximum absolute atomic E-state index is 5.96. The van der Waals surface area contributed by atoms with Gasteiger partial charge in [0.1, 0.15) is 11.5 Å². The molecule has 1 saturated heterocycles. The largest absolute Gasteiger partial charge is 0.465 e. The molecule has 1 atom stereocenters. The molecule has 0 amide bonds. The maximum Gasteiger partial charge on any atom is 0.118 e. The molecule has 4 heteroatoms. The van der Waals surface area contributed by atoms with E-state index in [0.717, 1.165) is 50.3 Å². The molecule has 0 aromatic carbocycles. The highest BCUT2D eigenvalue weighted by Gasteiger charge is 2.24. The lowest BCUT2D eigenvalue weighted by molar-refractivity contribution is 0.0788. The summed E-state index contributed by atoms with van der Waals surface area (Å²) in [6.45, 7) is 13.2. The Morgan fingerprint density at radius 2 is 2.14 bits per heavy atom. The SMILES string of the molecule is CCN1CCN(Cc2cc(CNC3CC3)c(C)o2)CC1C. The Morgan fingerprint density at radius 3 is 2.81 bits per heavy atom. The first kappa shape index (κ1) is 15.1. The molecule has 1 saturated carbocycles. The molecule has 2 aliphatic rings. The fraction of sp³-hybridized carbons (Fsp3) is 0.765. The standard InChI is InChI=1S/C17H29N3O/c1-4-20-8-7-19(11-13(20)2)12-17-9-15(14(3)21-17)10-18-16-5-6-16/h9,13,16,18H,4-8,10-12H2,1-3H3. The van der Waals surface area contributed by atoms with Crippen LogP contribution in [0.25, 0.3) is 0 Å². The van der Waals surface area contributed by atoms with Crippen molar-refractivity contribution >= 4 is 0 Å². The van der Waals surface area contributed by atoms with Crippen molar-refractivity contribution in [1.29, 1.82) is 0 Å². The lowest BCUT2D eigenvalue weighted by Gasteiger charge is -2.38. The van der Waals surface area contributed by atoms with Crippen LogP contribution < -0.4 is 5.32 Å². The van der Waals surface area contributed by atoms with Crippen molar-refractivity contribution in [2.24, 2.45) is 0 Å². The van der Waals surface area contributed by atoms with Gasteiger partial charge in [0.15, 0.2) is 0 Å². The smallest absolute Gasteiger partial charge is 0.118 e. The van der Waals surface area contributed by atoms with E-state index in [1.807, 2.05) is 0 Å². The molecule has 0 spiro atoms. The zero-order valence-corrected chi connectivity index (χ0v) is 13.7. The second-order valence-corrected chi connectivity index (χ2v) is 6.66. The molecule has 0 bridgehead atoms. The molecule has 1 aliphatic carbocycles. The highest BCUT2D eigenvalue weighted by Crippen LogP contribution is 2.22. The number of furan rings is 1. The van der Waals surface area contributed by atoms with Gasteiger partial charge in [-0.1, -0.05) is 6.92 Å². The first-order valence-corrected chi connectivity index (χ1v) is 8.43. The third kappa shape index (κ3) is 3.87. The molecule has 1 unspecified atom stereocenters. The average Bonchev–Trinajstić information content (AvgIpc) is 3.21. The molecule has 1 aliphatic heterocycles. The summed E-state index contributed by atoms with van der Waals surface area (Å²) in [6.07, 6.45) is 2.67. The minimum Gasteiger partial charge on any atom is -0.465 e. The van der Waals surface area contributed by atoms with Gasteiger partial charge in [-0.3, -0.25) is 9.80 Å². The number of aryl methyl sites for hydroxylation is 1. The Hall–Kier alpha value is -0.840. The maximum atomic E-state index is 5.96. The zero-order valence-electron chi connectivity index (χ0n) is 13.7. The van der Waals surface area contributed by atoms with Crippen LogP contribution in [0.15, 0.2) is 10.5 Å². The molecule has 0 radical (unpaired) electrons. The van der Waals surface area contributed by atoms with E-state index in [1.54, 1.807) is 0 Å². The van der Waals surface area contributed by atoms with E-state index in [0.29, 0.717) is 6.04 Å². The lowest BCUT2D eigenvalue weighted by atomic mass is 10.2. The summed E-state index contributed by atoms with van der Waals surface area (Å²) in [5, 5.41) is 3.57. The van der Waals surface area contributed by atoms with Gasteiger partial charge in [0.25, 0.3) is 0 Å². The Balaban J connectivity index is 1.53. The predicted octanol–water partition coefficient (Wildman–Crippen LogP) is 2.37. The van der Waals surface area contributed by atoms with Crippen molar-refractivity contribution in [3.8, 4) is 0 Å². The molecule has 118 valence electrons. The van der Waals surface area contributed by atoms with Gasteiger partial charge >= 0.3 is 0 Å². The summed E-state index contributed by atoms with van der Waals surface area (Å²) >= 11 is 0. The molecule has 3 rings (SSSR count). The molecule has 1 N–H and O–H groups in total. The number of hydrogen-bond donors (Lipinski definition) is 1. The van der Waals surface area contributed by atoms with Crippen molar-refractivity contribution in [2.75, 3.05) is 26.2 Å². The number of nitrogens with zero attached hydrogens (tertiary/aromatic N) is 2. The number of likely N-dealkylation sites (N-methyl/N-ethyl adjacent to an activating group) is 1. The van der Waals surface area contributed by atoms with E-state index in [9.17, 15) is 0 Å². The predicted molar refractivity (Wildman–Crippen MR) is 85.3 cm³/mol. The van der Waals surface area contributed by atoms with Crippen molar-refractivity contribution in [2.45, 2.75) is 58.8 Å². The molecule has 2 fully saturated rings. The normalized spacial score (nSPS) is 24.6. The van der Waals surface area contributed by atoms with Crippen LogP contribution in [0.3, 0.4) is 0 Å². The third-order valence-corrected chi connectivity index (χ3v) is 4.86. The van der Waals surface area contributed by atoms with Gasteiger partial charge in [-0.2, -0.15) is 0 Å². The van der Waals surface area contributed by atoms with Crippen molar-refractivity contribution in [1.82, 2.24) is 15.1 Å². The Kier molecular flexibility index (Phi) is 4.67. The van der Waals surface area contributed by atoms with Crippen molar-refractivity contribution in [3.63, 3.8) is 0 Å². The minimum atomic E-state index is 0.649.